The van der Waals surface area contributed by atoms with Crippen molar-refractivity contribution in [2.24, 2.45) is 26.7 Å². The number of rotatable bonds is 6. The van der Waals surface area contributed by atoms with Crippen LogP contribution in [0.2, 0.25) is 0 Å². The fraction of sp³-hybridized carbons (Fsp3) is 0.500. The molecule has 1 saturated carbocycles. The van der Waals surface area contributed by atoms with Crippen molar-refractivity contribution in [2.45, 2.75) is 58.5 Å². The largest absolute Gasteiger partial charge is 0.478 e. The second-order valence-electron chi connectivity index (χ2n) is 10.4. The zero-order valence-electron chi connectivity index (χ0n) is 19.5. The molecule has 3 aliphatic rings. The first-order valence-corrected chi connectivity index (χ1v) is 11.9. The maximum absolute atomic E-state index is 6.24. The van der Waals surface area contributed by atoms with Gasteiger partial charge in [0, 0.05) is 11.3 Å². The summed E-state index contributed by atoms with van der Waals surface area (Å²) in [5, 5.41) is 0. The predicted molar refractivity (Wildman–Crippen MR) is 129 cm³/mol. The lowest BCUT2D eigenvalue weighted by Gasteiger charge is -2.40. The SMILES string of the molecule is CC1(C2=N[C@@H](Cc3ccccc3)CO2)CCC(C2=N[C@@H](Cc3ccccc3)CO2)C1(C)C. The Kier molecular flexibility index (Phi) is 5.56. The van der Waals surface area contributed by atoms with Gasteiger partial charge >= 0.3 is 0 Å². The van der Waals surface area contributed by atoms with Crippen molar-refractivity contribution in [3.05, 3.63) is 71.8 Å². The summed E-state index contributed by atoms with van der Waals surface area (Å²) in [4.78, 5) is 10.1. The smallest absolute Gasteiger partial charge is 0.190 e. The molecule has 168 valence electrons. The van der Waals surface area contributed by atoms with Gasteiger partial charge in [0.2, 0.25) is 0 Å². The minimum absolute atomic E-state index is 0.0338. The van der Waals surface area contributed by atoms with Gasteiger partial charge in [-0.05, 0) is 42.2 Å². The topological polar surface area (TPSA) is 43.2 Å². The average Bonchev–Trinajstić information content (AvgIpc) is 3.50. The standard InChI is InChI=1S/C28H34N2O2/c1-27(2)24(25-29-22(18-31-25)16-20-10-6-4-7-11-20)14-15-28(27,3)26-30-23(19-32-26)17-21-12-8-5-9-13-21/h4-13,22-24H,14-19H2,1-3H3/t22-,23-,24?,28?/m0/s1. The number of hydrogen-bond donors (Lipinski definition) is 0. The molecular weight excluding hydrogens is 396 g/mol. The zero-order chi connectivity index (χ0) is 22.2. The summed E-state index contributed by atoms with van der Waals surface area (Å²) >= 11 is 0. The van der Waals surface area contributed by atoms with Crippen molar-refractivity contribution in [2.75, 3.05) is 13.2 Å². The minimum atomic E-state index is -0.105. The molecule has 4 atom stereocenters. The Morgan fingerprint density at radius 3 is 1.97 bits per heavy atom. The van der Waals surface area contributed by atoms with Gasteiger partial charge in [-0.25, -0.2) is 9.98 Å². The first kappa shape index (κ1) is 21.2. The molecule has 0 spiro atoms. The van der Waals surface area contributed by atoms with Crippen LogP contribution in [0.4, 0.5) is 0 Å². The van der Waals surface area contributed by atoms with Crippen LogP contribution >= 0.6 is 0 Å². The summed E-state index contributed by atoms with van der Waals surface area (Å²) in [6, 6.07) is 21.6. The fourth-order valence-electron chi connectivity index (χ4n) is 5.64. The van der Waals surface area contributed by atoms with Crippen molar-refractivity contribution >= 4 is 11.8 Å². The third-order valence-electron chi connectivity index (χ3n) is 8.07. The van der Waals surface area contributed by atoms with Gasteiger partial charge in [-0.2, -0.15) is 0 Å². The molecule has 0 radical (unpaired) electrons. The van der Waals surface area contributed by atoms with Crippen molar-refractivity contribution in [1.29, 1.82) is 0 Å². The lowest BCUT2D eigenvalue weighted by atomic mass is 9.65. The fourth-order valence-corrected chi connectivity index (χ4v) is 5.64. The molecule has 4 nitrogen and oxygen atoms in total. The van der Waals surface area contributed by atoms with E-state index in [1.54, 1.807) is 0 Å². The molecule has 2 aliphatic heterocycles. The summed E-state index contributed by atoms with van der Waals surface area (Å²) in [6.07, 6.45) is 3.98. The Bertz CT molecular complexity index is 999. The van der Waals surface area contributed by atoms with Crippen LogP contribution < -0.4 is 0 Å². The number of benzene rings is 2. The Balaban J connectivity index is 1.30. The van der Waals surface area contributed by atoms with Gasteiger partial charge in [-0.3, -0.25) is 0 Å². The molecule has 0 saturated heterocycles. The maximum Gasteiger partial charge on any atom is 0.190 e. The zero-order valence-corrected chi connectivity index (χ0v) is 19.5. The van der Waals surface area contributed by atoms with Gasteiger partial charge in [0.15, 0.2) is 11.8 Å². The lowest BCUT2D eigenvalue weighted by Crippen LogP contribution is -2.43. The molecule has 2 aromatic rings. The summed E-state index contributed by atoms with van der Waals surface area (Å²) in [5.74, 6) is 2.18. The molecule has 1 aliphatic carbocycles. The average molecular weight is 431 g/mol. The van der Waals surface area contributed by atoms with E-state index in [2.05, 4.69) is 81.4 Å². The first-order valence-electron chi connectivity index (χ1n) is 11.9. The lowest BCUT2D eigenvalue weighted by molar-refractivity contribution is 0.138. The van der Waals surface area contributed by atoms with E-state index in [1.807, 2.05) is 0 Å². The highest BCUT2D eigenvalue weighted by atomic mass is 16.5. The van der Waals surface area contributed by atoms with Gasteiger partial charge in [-0.15, -0.1) is 0 Å². The number of aliphatic imine (C=N–C) groups is 2. The van der Waals surface area contributed by atoms with Crippen LogP contribution in [0, 0.1) is 16.7 Å². The molecule has 0 N–H and O–H groups in total. The molecule has 2 aromatic carbocycles. The molecule has 0 aromatic heterocycles. The van der Waals surface area contributed by atoms with Crippen LogP contribution in [0.5, 0.6) is 0 Å². The van der Waals surface area contributed by atoms with E-state index in [9.17, 15) is 0 Å². The highest BCUT2D eigenvalue weighted by Crippen LogP contribution is 2.58. The van der Waals surface area contributed by atoms with E-state index in [-0.39, 0.29) is 22.9 Å². The van der Waals surface area contributed by atoms with E-state index in [4.69, 9.17) is 19.5 Å². The van der Waals surface area contributed by atoms with Crippen LogP contribution in [-0.4, -0.2) is 37.1 Å². The number of nitrogens with zero attached hydrogens (tertiary/aromatic N) is 2. The second-order valence-corrected chi connectivity index (χ2v) is 10.4. The van der Waals surface area contributed by atoms with E-state index in [0.717, 1.165) is 37.5 Å². The molecule has 4 heteroatoms. The third-order valence-corrected chi connectivity index (χ3v) is 8.07. The van der Waals surface area contributed by atoms with Gasteiger partial charge < -0.3 is 9.47 Å². The number of hydrogen-bond acceptors (Lipinski definition) is 4. The molecule has 0 bridgehead atoms. The highest BCUT2D eigenvalue weighted by Gasteiger charge is 2.58. The van der Waals surface area contributed by atoms with Crippen LogP contribution in [0.15, 0.2) is 70.6 Å². The van der Waals surface area contributed by atoms with Crippen LogP contribution in [-0.2, 0) is 22.3 Å². The molecule has 5 rings (SSSR count). The van der Waals surface area contributed by atoms with Crippen molar-refractivity contribution < 1.29 is 9.47 Å². The second kappa shape index (κ2) is 8.38. The molecule has 0 amide bonds. The van der Waals surface area contributed by atoms with Crippen LogP contribution in [0.25, 0.3) is 0 Å². The Hall–Kier alpha value is -2.62. The quantitative estimate of drug-likeness (QED) is 0.607. The maximum atomic E-state index is 6.24. The van der Waals surface area contributed by atoms with E-state index < -0.39 is 0 Å². The Labute approximate surface area is 191 Å². The molecule has 2 unspecified atom stereocenters. The molecule has 1 fully saturated rings. The minimum Gasteiger partial charge on any atom is -0.478 e. The van der Waals surface area contributed by atoms with Crippen molar-refractivity contribution in [1.82, 2.24) is 0 Å². The molecular formula is C28H34N2O2. The van der Waals surface area contributed by atoms with Crippen LogP contribution in [0.1, 0.15) is 44.7 Å². The van der Waals surface area contributed by atoms with Gasteiger partial charge in [-0.1, -0.05) is 81.4 Å². The molecule has 2 heterocycles. The van der Waals surface area contributed by atoms with Crippen LogP contribution in [0.3, 0.4) is 0 Å². The van der Waals surface area contributed by atoms with Gasteiger partial charge in [0.25, 0.3) is 0 Å². The van der Waals surface area contributed by atoms with Crippen molar-refractivity contribution in [3.63, 3.8) is 0 Å². The van der Waals surface area contributed by atoms with Crippen molar-refractivity contribution in [3.8, 4) is 0 Å². The van der Waals surface area contributed by atoms with E-state index in [1.165, 1.54) is 11.1 Å². The first-order chi connectivity index (χ1) is 15.5. The predicted octanol–water partition coefficient (Wildman–Crippen LogP) is 5.51. The highest BCUT2D eigenvalue weighted by molar-refractivity contribution is 5.88. The summed E-state index contributed by atoms with van der Waals surface area (Å²) in [6.45, 7) is 8.38. The normalized spacial score (nSPS) is 31.0. The number of ether oxygens (including phenoxy) is 2. The Morgan fingerprint density at radius 1 is 0.781 bits per heavy atom. The van der Waals surface area contributed by atoms with Gasteiger partial charge in [0.05, 0.1) is 12.1 Å². The summed E-state index contributed by atoms with van der Waals surface area (Å²) < 4.78 is 12.4. The van der Waals surface area contributed by atoms with E-state index in [0.29, 0.717) is 19.1 Å². The third kappa shape index (κ3) is 3.85. The van der Waals surface area contributed by atoms with E-state index >= 15 is 0 Å². The summed E-state index contributed by atoms with van der Waals surface area (Å²) in [5.41, 5.74) is 2.50. The Morgan fingerprint density at radius 2 is 1.34 bits per heavy atom. The van der Waals surface area contributed by atoms with Gasteiger partial charge in [0.1, 0.15) is 13.2 Å². The monoisotopic (exact) mass is 430 g/mol. The summed E-state index contributed by atoms with van der Waals surface area (Å²) in [7, 11) is 0. The molecule has 32 heavy (non-hydrogen) atoms.